The molecule has 7 nitrogen and oxygen atoms in total. The van der Waals surface area contributed by atoms with Crippen LogP contribution >= 0.6 is 22.6 Å². The quantitative estimate of drug-likeness (QED) is 0.341. The third-order valence-electron chi connectivity index (χ3n) is 3.92. The number of hydrogen-bond acceptors (Lipinski definition) is 5. The number of nitrogens with zero attached hydrogens (tertiary/aromatic N) is 2. The van der Waals surface area contributed by atoms with Gasteiger partial charge in [0.15, 0.2) is 0 Å². The zero-order chi connectivity index (χ0) is 20.3. The van der Waals surface area contributed by atoms with Crippen molar-refractivity contribution in [2.45, 2.75) is 6.92 Å². The summed E-state index contributed by atoms with van der Waals surface area (Å²) in [4.78, 5) is 21.5. The highest BCUT2D eigenvalue weighted by atomic mass is 127. The molecule has 0 saturated carbocycles. The molecule has 3 rings (SSSR count). The van der Waals surface area contributed by atoms with Crippen molar-refractivity contribution >= 4 is 45.5 Å². The normalized spacial score (nSPS) is 12.2. The van der Waals surface area contributed by atoms with Crippen LogP contribution in [0.5, 0.6) is 0 Å². The largest absolute Gasteiger partial charge is 0.396 e. The Bertz CT molecular complexity index is 1010. The summed E-state index contributed by atoms with van der Waals surface area (Å²) in [5.74, 6) is -1.98. The summed E-state index contributed by atoms with van der Waals surface area (Å²) >= 11 is 1.98. The predicted molar refractivity (Wildman–Crippen MR) is 107 cm³/mol. The summed E-state index contributed by atoms with van der Waals surface area (Å²) in [6.07, 6.45) is 2.61. The number of carbonyl (C=O) groups is 1. The maximum Gasteiger partial charge on any atom is 0.278 e. The zero-order valence-electron chi connectivity index (χ0n) is 14.7. The number of amides is 1. The highest BCUT2D eigenvalue weighted by Crippen LogP contribution is 2.27. The van der Waals surface area contributed by atoms with E-state index in [1.54, 1.807) is 13.0 Å². The lowest BCUT2D eigenvalue weighted by atomic mass is 10.2. The summed E-state index contributed by atoms with van der Waals surface area (Å²) in [7, 11) is 0. The lowest BCUT2D eigenvalue weighted by molar-refractivity contribution is 0.0101. The molecule has 0 aliphatic carbocycles. The third-order valence-corrected chi connectivity index (χ3v) is 4.59. The number of aromatic nitrogens is 2. The van der Waals surface area contributed by atoms with E-state index in [2.05, 4.69) is 15.8 Å². The second-order valence-corrected chi connectivity index (χ2v) is 7.43. The van der Waals surface area contributed by atoms with E-state index in [0.29, 0.717) is 3.57 Å². The van der Waals surface area contributed by atoms with Gasteiger partial charge in [-0.3, -0.25) is 14.0 Å². The molecule has 0 saturated heterocycles. The first-order valence-corrected chi connectivity index (χ1v) is 9.38. The highest BCUT2D eigenvalue weighted by Gasteiger charge is 2.20. The number of fused-ring (bicyclic) bond motifs is 1. The molecule has 1 amide bonds. The number of aliphatic hydroxyl groups excluding tert-OH is 1. The summed E-state index contributed by atoms with van der Waals surface area (Å²) in [5, 5.41) is 11.8. The van der Waals surface area contributed by atoms with Crippen molar-refractivity contribution in [1.29, 1.82) is 0 Å². The molecule has 0 radical (unpaired) electrons. The van der Waals surface area contributed by atoms with Gasteiger partial charge in [0.2, 0.25) is 0 Å². The van der Waals surface area contributed by atoms with E-state index >= 15 is 0 Å². The second-order valence-electron chi connectivity index (χ2n) is 6.18. The second kappa shape index (κ2) is 8.80. The third kappa shape index (κ3) is 4.39. The molecule has 148 valence electrons. The lowest BCUT2D eigenvalue weighted by Gasteiger charge is -2.16. The average molecular weight is 502 g/mol. The van der Waals surface area contributed by atoms with Gasteiger partial charge in [-0.05, 0) is 46.9 Å². The molecule has 28 heavy (non-hydrogen) atoms. The number of nitrogens with one attached hydrogen (secondary N) is 2. The maximum absolute atomic E-state index is 14.4. The molecule has 3 aromatic rings. The fourth-order valence-electron chi connectivity index (χ4n) is 2.42. The molecule has 1 aromatic carbocycles. The standard InChI is InChI=1S/C18H17F2IN4O3/c1-10(7-26)8-28-24-18(27)12-5-14(20)16-6-22-9-25(16)17(12)23-15-3-2-11(21)4-13(15)19/h2-6,9-10,23,26H,7-8H2,1H3,(H,24,27)/t10-/m1/s1. The number of aliphatic hydroxyl groups is 1. The van der Waals surface area contributed by atoms with Gasteiger partial charge < -0.3 is 10.4 Å². The first-order valence-electron chi connectivity index (χ1n) is 8.30. The van der Waals surface area contributed by atoms with E-state index in [-0.39, 0.29) is 41.7 Å². The molecule has 0 fully saturated rings. The van der Waals surface area contributed by atoms with Crippen molar-refractivity contribution in [1.82, 2.24) is 14.9 Å². The van der Waals surface area contributed by atoms with Crippen molar-refractivity contribution in [3.05, 3.63) is 57.6 Å². The van der Waals surface area contributed by atoms with Crippen LogP contribution in [0.3, 0.4) is 0 Å². The van der Waals surface area contributed by atoms with Crippen molar-refractivity contribution in [3.8, 4) is 0 Å². The monoisotopic (exact) mass is 502 g/mol. The van der Waals surface area contributed by atoms with Crippen LogP contribution in [0.25, 0.3) is 5.52 Å². The molecule has 1 atom stereocenters. The Hall–Kier alpha value is -2.31. The van der Waals surface area contributed by atoms with E-state index in [1.165, 1.54) is 29.1 Å². The molecule has 0 bridgehead atoms. The van der Waals surface area contributed by atoms with Crippen LogP contribution in [-0.2, 0) is 4.84 Å². The summed E-state index contributed by atoms with van der Waals surface area (Å²) in [5.41, 5.74) is 2.35. The molecule has 10 heteroatoms. The Morgan fingerprint density at radius 1 is 1.36 bits per heavy atom. The van der Waals surface area contributed by atoms with Gasteiger partial charge in [0, 0.05) is 16.1 Å². The minimum absolute atomic E-state index is 0.0759. The molecule has 3 N–H and O–H groups in total. The summed E-state index contributed by atoms with van der Waals surface area (Å²) in [6, 6.07) is 5.57. The predicted octanol–water partition coefficient (Wildman–Crippen LogP) is 3.25. The number of anilines is 2. The van der Waals surface area contributed by atoms with Gasteiger partial charge in [0.1, 0.15) is 29.3 Å². The minimum atomic E-state index is -0.729. The van der Waals surface area contributed by atoms with E-state index in [9.17, 15) is 13.6 Å². The van der Waals surface area contributed by atoms with Gasteiger partial charge in [-0.2, -0.15) is 0 Å². The Morgan fingerprint density at radius 2 is 2.14 bits per heavy atom. The van der Waals surface area contributed by atoms with E-state index in [4.69, 9.17) is 9.94 Å². The van der Waals surface area contributed by atoms with E-state index < -0.39 is 17.5 Å². The van der Waals surface area contributed by atoms with Gasteiger partial charge in [-0.15, -0.1) is 0 Å². The van der Waals surface area contributed by atoms with Crippen molar-refractivity contribution in [3.63, 3.8) is 0 Å². The van der Waals surface area contributed by atoms with Crippen LogP contribution in [-0.4, -0.2) is 33.6 Å². The van der Waals surface area contributed by atoms with Gasteiger partial charge in [-0.1, -0.05) is 6.92 Å². The Labute approximate surface area is 172 Å². The number of pyridine rings is 1. The van der Waals surface area contributed by atoms with Crippen molar-refractivity contribution in [2.75, 3.05) is 18.5 Å². The van der Waals surface area contributed by atoms with Crippen LogP contribution in [0.1, 0.15) is 17.3 Å². The molecule has 0 aliphatic heterocycles. The summed E-state index contributed by atoms with van der Waals surface area (Å²) in [6.45, 7) is 1.70. The number of benzene rings is 1. The molecule has 2 heterocycles. The average Bonchev–Trinajstić information content (AvgIpc) is 3.16. The van der Waals surface area contributed by atoms with Crippen LogP contribution in [0.15, 0.2) is 36.8 Å². The minimum Gasteiger partial charge on any atom is -0.396 e. The van der Waals surface area contributed by atoms with Crippen LogP contribution in [0.2, 0.25) is 0 Å². The lowest BCUT2D eigenvalue weighted by Crippen LogP contribution is -2.28. The van der Waals surface area contributed by atoms with Gasteiger partial charge in [0.05, 0.1) is 24.1 Å². The molecule has 2 aromatic heterocycles. The van der Waals surface area contributed by atoms with Crippen molar-refractivity contribution < 1.29 is 23.5 Å². The Kier molecular flexibility index (Phi) is 6.42. The number of hydrogen-bond donors (Lipinski definition) is 3. The fourth-order valence-corrected chi connectivity index (χ4v) is 2.88. The number of rotatable bonds is 7. The molecule has 0 spiro atoms. The van der Waals surface area contributed by atoms with Crippen LogP contribution in [0, 0.1) is 21.1 Å². The molecule has 0 unspecified atom stereocenters. The van der Waals surface area contributed by atoms with Crippen LogP contribution < -0.4 is 10.8 Å². The SMILES string of the molecule is C[C@H](CO)CONC(=O)c1cc(F)c2cncn2c1Nc1ccc(I)cc1F. The first kappa shape index (κ1) is 20.4. The van der Waals surface area contributed by atoms with E-state index in [0.717, 1.165) is 6.07 Å². The molecular formula is C18H17F2IN4O3. The Morgan fingerprint density at radius 3 is 2.86 bits per heavy atom. The zero-order valence-corrected chi connectivity index (χ0v) is 16.9. The highest BCUT2D eigenvalue weighted by molar-refractivity contribution is 14.1. The number of imidazole rings is 1. The smallest absolute Gasteiger partial charge is 0.278 e. The number of hydroxylamine groups is 1. The Balaban J connectivity index is 1.97. The summed E-state index contributed by atoms with van der Waals surface area (Å²) < 4.78 is 30.7. The number of halogens is 3. The maximum atomic E-state index is 14.4. The van der Waals surface area contributed by atoms with Gasteiger partial charge in [0.25, 0.3) is 5.91 Å². The van der Waals surface area contributed by atoms with Crippen molar-refractivity contribution in [2.24, 2.45) is 5.92 Å². The first-order chi connectivity index (χ1) is 13.4. The molecular weight excluding hydrogens is 485 g/mol. The number of carbonyl (C=O) groups excluding carboxylic acids is 1. The van der Waals surface area contributed by atoms with Gasteiger partial charge >= 0.3 is 0 Å². The van der Waals surface area contributed by atoms with E-state index in [1.807, 2.05) is 22.6 Å². The van der Waals surface area contributed by atoms with Gasteiger partial charge in [-0.25, -0.2) is 19.2 Å². The fraction of sp³-hybridized carbons (Fsp3) is 0.222. The molecule has 0 aliphatic rings. The topological polar surface area (TPSA) is 87.9 Å². The van der Waals surface area contributed by atoms with Crippen LogP contribution in [0.4, 0.5) is 20.3 Å².